The molecule has 1 N–H and O–H groups in total. The van der Waals surface area contributed by atoms with Crippen LogP contribution in [-0.2, 0) is 4.89 Å². The fourth-order valence-electron chi connectivity index (χ4n) is 0.985. The first kappa shape index (κ1) is 10.7. The van der Waals surface area contributed by atoms with E-state index in [9.17, 15) is 0 Å². The minimum atomic E-state index is 0.00736. The van der Waals surface area contributed by atoms with Gasteiger partial charge in [0.1, 0.15) is 0 Å². The Hall–Kier alpha value is -0.340. The molecule has 0 heterocycles. The smallest absolute Gasteiger partial charge is 0.0930 e. The lowest BCUT2D eigenvalue weighted by atomic mass is 10.1. The summed E-state index contributed by atoms with van der Waals surface area (Å²) in [5.74, 6) is 0. The third-order valence-corrected chi connectivity index (χ3v) is 1.72. The zero-order valence-electron chi connectivity index (χ0n) is 7.25. The van der Waals surface area contributed by atoms with Crippen molar-refractivity contribution in [2.75, 3.05) is 0 Å². The van der Waals surface area contributed by atoms with Gasteiger partial charge in [-0.05, 0) is 19.3 Å². The quantitative estimate of drug-likeness (QED) is 0.350. The molecule has 0 aromatic rings. The highest BCUT2D eigenvalue weighted by Gasteiger charge is 2.05. The zero-order chi connectivity index (χ0) is 8.53. The summed E-state index contributed by atoms with van der Waals surface area (Å²) in [7, 11) is 0. The summed E-state index contributed by atoms with van der Waals surface area (Å²) in [6.07, 6.45) is 6.84. The minimum Gasteiger partial charge on any atom is -0.252 e. The molecule has 0 bridgehead atoms. The first-order valence-corrected chi connectivity index (χ1v) is 4.26. The highest BCUT2D eigenvalue weighted by Crippen LogP contribution is 2.09. The lowest BCUT2D eigenvalue weighted by Crippen LogP contribution is -2.09. The van der Waals surface area contributed by atoms with E-state index in [1.54, 1.807) is 0 Å². The van der Waals surface area contributed by atoms with Crippen molar-refractivity contribution in [3.63, 3.8) is 0 Å². The van der Waals surface area contributed by atoms with Crippen LogP contribution in [0.5, 0.6) is 0 Å². The number of hydrogen-bond donors (Lipinski definition) is 1. The normalized spacial score (nSPS) is 12.9. The van der Waals surface area contributed by atoms with Gasteiger partial charge in [0.2, 0.25) is 0 Å². The van der Waals surface area contributed by atoms with Crippen molar-refractivity contribution in [2.45, 2.75) is 45.1 Å². The van der Waals surface area contributed by atoms with Crippen molar-refractivity contribution < 1.29 is 10.1 Å². The molecule has 0 aliphatic heterocycles. The van der Waals surface area contributed by atoms with E-state index in [0.29, 0.717) is 0 Å². The second kappa shape index (κ2) is 7.76. The van der Waals surface area contributed by atoms with E-state index < -0.39 is 0 Å². The van der Waals surface area contributed by atoms with Gasteiger partial charge in [0.15, 0.2) is 0 Å². The molecule has 0 saturated heterocycles. The van der Waals surface area contributed by atoms with E-state index in [2.05, 4.69) is 18.4 Å². The third-order valence-electron chi connectivity index (χ3n) is 1.72. The Balaban J connectivity index is 3.32. The summed E-state index contributed by atoms with van der Waals surface area (Å²) >= 11 is 0. The van der Waals surface area contributed by atoms with Crippen LogP contribution in [0.4, 0.5) is 0 Å². The SMILES string of the molecule is C=CCCC(CCCC)OO. The van der Waals surface area contributed by atoms with Crippen LogP contribution < -0.4 is 0 Å². The molecule has 0 rings (SSSR count). The molecule has 0 spiro atoms. The Morgan fingerprint density at radius 2 is 2.27 bits per heavy atom. The average Bonchev–Trinajstić information content (AvgIpc) is 2.05. The highest BCUT2D eigenvalue weighted by molar-refractivity contribution is 4.69. The average molecular weight is 158 g/mol. The number of hydrogen-bond acceptors (Lipinski definition) is 2. The van der Waals surface area contributed by atoms with Gasteiger partial charge in [0, 0.05) is 0 Å². The van der Waals surface area contributed by atoms with Crippen molar-refractivity contribution in [1.82, 2.24) is 0 Å². The van der Waals surface area contributed by atoms with E-state index >= 15 is 0 Å². The largest absolute Gasteiger partial charge is 0.252 e. The Kier molecular flexibility index (Phi) is 7.52. The van der Waals surface area contributed by atoms with E-state index in [4.69, 9.17) is 5.26 Å². The van der Waals surface area contributed by atoms with Crippen LogP contribution in [0.1, 0.15) is 39.0 Å². The molecular weight excluding hydrogens is 140 g/mol. The summed E-state index contributed by atoms with van der Waals surface area (Å²) in [4.78, 5) is 4.31. The minimum absolute atomic E-state index is 0.00736. The van der Waals surface area contributed by atoms with Gasteiger partial charge in [-0.2, -0.15) is 0 Å². The molecule has 0 aromatic heterocycles. The monoisotopic (exact) mass is 158 g/mol. The molecule has 0 radical (unpaired) electrons. The zero-order valence-corrected chi connectivity index (χ0v) is 7.25. The summed E-state index contributed by atoms with van der Waals surface area (Å²) in [6, 6.07) is 0. The Labute approximate surface area is 68.8 Å². The summed E-state index contributed by atoms with van der Waals surface area (Å²) in [6.45, 7) is 5.74. The Morgan fingerprint density at radius 1 is 1.55 bits per heavy atom. The molecule has 0 fully saturated rings. The van der Waals surface area contributed by atoms with Gasteiger partial charge >= 0.3 is 0 Å². The molecule has 0 saturated carbocycles. The number of rotatable bonds is 7. The van der Waals surface area contributed by atoms with Gasteiger partial charge in [0.25, 0.3) is 0 Å². The molecule has 1 unspecified atom stereocenters. The van der Waals surface area contributed by atoms with Crippen molar-refractivity contribution in [2.24, 2.45) is 0 Å². The molecule has 0 amide bonds. The molecule has 2 heteroatoms. The standard InChI is InChI=1S/C9H18O2/c1-3-5-7-9(11-10)8-6-4-2/h3,9-10H,1,4-8H2,2H3. The van der Waals surface area contributed by atoms with Crippen LogP contribution in [-0.4, -0.2) is 11.4 Å². The maximum Gasteiger partial charge on any atom is 0.0930 e. The van der Waals surface area contributed by atoms with Crippen LogP contribution in [0.25, 0.3) is 0 Å². The number of allylic oxidation sites excluding steroid dienone is 1. The maximum absolute atomic E-state index is 8.44. The first-order chi connectivity index (χ1) is 5.35. The second-order valence-corrected chi connectivity index (χ2v) is 2.74. The molecule has 11 heavy (non-hydrogen) atoms. The first-order valence-electron chi connectivity index (χ1n) is 4.26. The number of unbranched alkanes of at least 4 members (excludes halogenated alkanes) is 1. The highest BCUT2D eigenvalue weighted by atomic mass is 17.1. The Morgan fingerprint density at radius 3 is 2.73 bits per heavy atom. The van der Waals surface area contributed by atoms with Crippen LogP contribution in [0.3, 0.4) is 0 Å². The van der Waals surface area contributed by atoms with Gasteiger partial charge < -0.3 is 0 Å². The summed E-state index contributed by atoms with van der Waals surface area (Å²) < 4.78 is 0. The van der Waals surface area contributed by atoms with E-state index in [0.717, 1.165) is 32.1 Å². The van der Waals surface area contributed by atoms with Gasteiger partial charge in [-0.25, -0.2) is 4.89 Å². The van der Waals surface area contributed by atoms with Crippen molar-refractivity contribution in [1.29, 1.82) is 0 Å². The van der Waals surface area contributed by atoms with Crippen LogP contribution >= 0.6 is 0 Å². The van der Waals surface area contributed by atoms with E-state index in [1.807, 2.05) is 6.08 Å². The van der Waals surface area contributed by atoms with Crippen LogP contribution in [0, 0.1) is 0 Å². The maximum atomic E-state index is 8.44. The van der Waals surface area contributed by atoms with Crippen molar-refractivity contribution >= 4 is 0 Å². The topological polar surface area (TPSA) is 29.5 Å². The van der Waals surface area contributed by atoms with Gasteiger partial charge in [0.05, 0.1) is 6.10 Å². The molecule has 1 atom stereocenters. The summed E-state index contributed by atoms with van der Waals surface area (Å²) in [5, 5.41) is 8.44. The van der Waals surface area contributed by atoms with Crippen molar-refractivity contribution in [3.05, 3.63) is 12.7 Å². The van der Waals surface area contributed by atoms with E-state index in [1.165, 1.54) is 0 Å². The third kappa shape index (κ3) is 6.07. The van der Waals surface area contributed by atoms with Crippen molar-refractivity contribution in [3.8, 4) is 0 Å². The fourth-order valence-corrected chi connectivity index (χ4v) is 0.985. The van der Waals surface area contributed by atoms with E-state index in [-0.39, 0.29) is 6.10 Å². The second-order valence-electron chi connectivity index (χ2n) is 2.74. The Bertz CT molecular complexity index is 91.6. The van der Waals surface area contributed by atoms with Gasteiger partial charge in [-0.1, -0.05) is 25.8 Å². The predicted molar refractivity (Wildman–Crippen MR) is 46.5 cm³/mol. The van der Waals surface area contributed by atoms with Gasteiger partial charge in [-0.3, -0.25) is 5.26 Å². The summed E-state index contributed by atoms with van der Waals surface area (Å²) in [5.41, 5.74) is 0. The fraction of sp³-hybridized carbons (Fsp3) is 0.778. The molecule has 2 nitrogen and oxygen atoms in total. The van der Waals surface area contributed by atoms with Crippen LogP contribution in [0.2, 0.25) is 0 Å². The van der Waals surface area contributed by atoms with Crippen LogP contribution in [0.15, 0.2) is 12.7 Å². The van der Waals surface area contributed by atoms with Gasteiger partial charge in [-0.15, -0.1) is 6.58 Å². The molecule has 0 aliphatic carbocycles. The molecule has 0 aliphatic rings. The lowest BCUT2D eigenvalue weighted by molar-refractivity contribution is -0.281. The predicted octanol–water partition coefficient (Wildman–Crippen LogP) is 3.00. The molecular formula is C9H18O2. The lowest BCUT2D eigenvalue weighted by Gasteiger charge is -2.10. The molecule has 0 aromatic carbocycles. The molecule has 66 valence electrons.